The van der Waals surface area contributed by atoms with Crippen LogP contribution in [0.1, 0.15) is 23.6 Å². The van der Waals surface area contributed by atoms with E-state index in [1.165, 1.54) is 64.3 Å². The largest absolute Gasteiger partial charge is 0.208 e. The van der Waals surface area contributed by atoms with Crippen LogP contribution in [-0.4, -0.2) is 15.0 Å². The van der Waals surface area contributed by atoms with Gasteiger partial charge in [-0.3, -0.25) is 0 Å². The van der Waals surface area contributed by atoms with Crippen molar-refractivity contribution >= 4 is 64.7 Å². The second kappa shape index (κ2) is 15.3. The summed E-state index contributed by atoms with van der Waals surface area (Å²) in [6, 6.07) is 69.2. The summed E-state index contributed by atoms with van der Waals surface area (Å²) in [5, 5.41) is 7.19. The van der Waals surface area contributed by atoms with E-state index in [1.807, 2.05) is 0 Å². The summed E-state index contributed by atoms with van der Waals surface area (Å²) in [6.07, 6.45) is 2.28. The van der Waals surface area contributed by atoms with Crippen LogP contribution in [0.25, 0.3) is 110 Å². The Labute approximate surface area is 359 Å². The smallest absolute Gasteiger partial charge is 0.164 e. The Morgan fingerprint density at radius 3 is 1.79 bits per heavy atom. The monoisotopic (exact) mass is 797 g/mol. The third kappa shape index (κ3) is 6.77. The molecule has 0 fully saturated rings. The molecule has 288 valence electrons. The maximum Gasteiger partial charge on any atom is 0.164 e. The summed E-state index contributed by atoms with van der Waals surface area (Å²) in [4.78, 5) is 15.9. The van der Waals surface area contributed by atoms with Gasteiger partial charge in [0.25, 0.3) is 0 Å². The Morgan fingerprint density at radius 2 is 0.967 bits per heavy atom. The molecule has 0 saturated carbocycles. The molecule has 0 spiro atoms. The zero-order valence-electron chi connectivity index (χ0n) is 33.8. The van der Waals surface area contributed by atoms with E-state index in [0.29, 0.717) is 17.5 Å². The van der Waals surface area contributed by atoms with Gasteiger partial charge >= 0.3 is 0 Å². The number of nitrogens with zero attached hydrogens (tertiary/aromatic N) is 3. The van der Waals surface area contributed by atoms with Gasteiger partial charge in [0.05, 0.1) is 0 Å². The van der Waals surface area contributed by atoms with Crippen LogP contribution in [-0.2, 0) is 0 Å². The molecule has 4 heteroatoms. The highest BCUT2D eigenvalue weighted by Gasteiger charge is 2.18. The Hall–Kier alpha value is -7.53. The van der Waals surface area contributed by atoms with E-state index >= 15 is 0 Å². The SMILES string of the molecule is C/C(=C\c1cc(-c2cccc(-c3nc(-c4ccc5c(c4)sc4ccccc45)nc(-c4cccc5c4cc(-c4ccccc4)c4ccccc45)n3)c2)ccc1C)c1ccccc1. The molecule has 0 saturated heterocycles. The molecule has 0 aliphatic rings. The van der Waals surface area contributed by atoms with E-state index in [2.05, 4.69) is 214 Å². The zero-order valence-corrected chi connectivity index (χ0v) is 34.6. The molecule has 2 heterocycles. The summed E-state index contributed by atoms with van der Waals surface area (Å²) in [6.45, 7) is 4.35. The predicted molar refractivity (Wildman–Crippen MR) is 260 cm³/mol. The van der Waals surface area contributed by atoms with Gasteiger partial charge in [-0.1, -0.05) is 170 Å². The highest BCUT2D eigenvalue weighted by molar-refractivity contribution is 7.25. The summed E-state index contributed by atoms with van der Waals surface area (Å²) >= 11 is 1.80. The summed E-state index contributed by atoms with van der Waals surface area (Å²) in [5.41, 5.74) is 12.3. The first-order valence-electron chi connectivity index (χ1n) is 20.7. The van der Waals surface area contributed by atoms with Crippen molar-refractivity contribution < 1.29 is 0 Å². The maximum atomic E-state index is 5.34. The first kappa shape index (κ1) is 36.5. The van der Waals surface area contributed by atoms with Crippen molar-refractivity contribution in [3.63, 3.8) is 0 Å². The van der Waals surface area contributed by atoms with Gasteiger partial charge in [0.15, 0.2) is 17.5 Å². The Kier molecular flexibility index (Phi) is 9.14. The van der Waals surface area contributed by atoms with Crippen LogP contribution in [0.5, 0.6) is 0 Å². The number of thiophene rings is 1. The molecule has 0 atom stereocenters. The van der Waals surface area contributed by atoms with Crippen LogP contribution in [0.3, 0.4) is 0 Å². The Bertz CT molecular complexity index is 3490. The maximum absolute atomic E-state index is 5.34. The van der Waals surface area contributed by atoms with Crippen LogP contribution >= 0.6 is 11.3 Å². The van der Waals surface area contributed by atoms with E-state index in [4.69, 9.17) is 15.0 Å². The van der Waals surface area contributed by atoms with E-state index in [1.54, 1.807) is 11.3 Å². The normalized spacial score (nSPS) is 11.9. The minimum Gasteiger partial charge on any atom is -0.208 e. The second-order valence-corrected chi connectivity index (χ2v) is 16.8. The molecule has 11 aromatic rings. The van der Waals surface area contributed by atoms with Crippen molar-refractivity contribution in [2.24, 2.45) is 0 Å². The highest BCUT2D eigenvalue weighted by Crippen LogP contribution is 2.40. The average Bonchev–Trinajstić information content (AvgIpc) is 3.70. The van der Waals surface area contributed by atoms with Gasteiger partial charge in [-0.25, -0.2) is 15.0 Å². The van der Waals surface area contributed by atoms with E-state index in [0.717, 1.165) is 38.6 Å². The number of hydrogen-bond donors (Lipinski definition) is 0. The Balaban J connectivity index is 1.09. The van der Waals surface area contributed by atoms with Crippen LogP contribution in [0, 0.1) is 6.92 Å². The van der Waals surface area contributed by atoms with Gasteiger partial charge in [0.1, 0.15) is 0 Å². The van der Waals surface area contributed by atoms with Crippen molar-refractivity contribution in [3.05, 3.63) is 211 Å². The highest BCUT2D eigenvalue weighted by atomic mass is 32.1. The molecule has 61 heavy (non-hydrogen) atoms. The van der Waals surface area contributed by atoms with Gasteiger partial charge in [0.2, 0.25) is 0 Å². The van der Waals surface area contributed by atoms with Crippen LogP contribution in [0.2, 0.25) is 0 Å². The molecule has 0 bridgehead atoms. The molecule has 0 radical (unpaired) electrons. The molecule has 11 rings (SSSR count). The standard InChI is InChI=1S/C57H39N3S/c1-36-27-28-41(33-44(36)31-37(2)38-15-5-3-6-16-38)40-19-13-20-42(32-40)55-58-56(43-29-30-49-48-23-11-12-26-53(48)61-54(49)34-43)60-57(59-55)50-25-14-24-47-45-21-9-10-22-46(45)51(35-52(47)50)39-17-7-4-8-18-39/h3-35H,1-2H3/b37-31+. The number of fused-ring (bicyclic) bond motifs is 6. The minimum atomic E-state index is 0.631. The van der Waals surface area contributed by atoms with Crippen molar-refractivity contribution in [2.45, 2.75) is 13.8 Å². The fourth-order valence-electron chi connectivity index (χ4n) is 8.63. The van der Waals surface area contributed by atoms with E-state index < -0.39 is 0 Å². The molecule has 0 amide bonds. The van der Waals surface area contributed by atoms with Crippen molar-refractivity contribution in [1.82, 2.24) is 15.0 Å². The lowest BCUT2D eigenvalue weighted by molar-refractivity contribution is 1.08. The zero-order chi connectivity index (χ0) is 40.9. The lowest BCUT2D eigenvalue weighted by atomic mass is 9.91. The quantitative estimate of drug-likeness (QED) is 0.119. The minimum absolute atomic E-state index is 0.631. The van der Waals surface area contributed by atoms with Crippen molar-refractivity contribution in [2.75, 3.05) is 0 Å². The molecular weight excluding hydrogens is 759 g/mol. The molecule has 0 aliphatic heterocycles. The molecule has 9 aromatic carbocycles. The van der Waals surface area contributed by atoms with Gasteiger partial charge in [-0.05, 0) is 110 Å². The first-order chi connectivity index (χ1) is 30.0. The van der Waals surface area contributed by atoms with Crippen molar-refractivity contribution in [1.29, 1.82) is 0 Å². The Morgan fingerprint density at radius 1 is 0.393 bits per heavy atom. The molecule has 0 unspecified atom stereocenters. The van der Waals surface area contributed by atoms with Crippen LogP contribution in [0.4, 0.5) is 0 Å². The topological polar surface area (TPSA) is 38.7 Å². The third-order valence-corrected chi connectivity index (χ3v) is 13.0. The van der Waals surface area contributed by atoms with Gasteiger partial charge in [-0.15, -0.1) is 11.3 Å². The number of benzene rings is 9. The summed E-state index contributed by atoms with van der Waals surface area (Å²) < 4.78 is 2.48. The summed E-state index contributed by atoms with van der Waals surface area (Å²) in [7, 11) is 0. The van der Waals surface area contributed by atoms with Crippen molar-refractivity contribution in [3.8, 4) is 56.4 Å². The lowest BCUT2D eigenvalue weighted by Gasteiger charge is -2.15. The van der Waals surface area contributed by atoms with Crippen LogP contribution in [0.15, 0.2) is 194 Å². The predicted octanol–water partition coefficient (Wildman–Crippen LogP) is 15.7. The molecule has 0 aliphatic carbocycles. The second-order valence-electron chi connectivity index (χ2n) is 15.7. The molecular formula is C57H39N3S. The molecule has 2 aromatic heterocycles. The first-order valence-corrected chi connectivity index (χ1v) is 21.5. The summed E-state index contributed by atoms with van der Waals surface area (Å²) in [5.74, 6) is 1.91. The average molecular weight is 798 g/mol. The third-order valence-electron chi connectivity index (χ3n) is 11.8. The number of allylic oxidation sites excluding steroid dienone is 1. The van der Waals surface area contributed by atoms with E-state index in [-0.39, 0.29) is 0 Å². The fourth-order valence-corrected chi connectivity index (χ4v) is 9.78. The number of rotatable bonds is 7. The van der Waals surface area contributed by atoms with Gasteiger partial charge in [-0.2, -0.15) is 0 Å². The fraction of sp³-hybridized carbons (Fsp3) is 0.0351. The number of aromatic nitrogens is 3. The lowest BCUT2D eigenvalue weighted by Crippen LogP contribution is -2.01. The molecule has 3 nitrogen and oxygen atoms in total. The number of hydrogen-bond acceptors (Lipinski definition) is 4. The number of aryl methyl sites for hydroxylation is 1. The molecule has 0 N–H and O–H groups in total. The van der Waals surface area contributed by atoms with Gasteiger partial charge < -0.3 is 0 Å². The van der Waals surface area contributed by atoms with Crippen LogP contribution < -0.4 is 0 Å². The van der Waals surface area contributed by atoms with Gasteiger partial charge in [0, 0.05) is 36.9 Å². The van der Waals surface area contributed by atoms with E-state index in [9.17, 15) is 0 Å².